The molecule has 0 saturated heterocycles. The first kappa shape index (κ1) is 11.9. The SMILES string of the molecule is Cc1nn(C)c(Oc2ccccc2F)c1CCl. The lowest BCUT2D eigenvalue weighted by molar-refractivity contribution is 0.401. The van der Waals surface area contributed by atoms with Crippen molar-refractivity contribution in [3.8, 4) is 11.6 Å². The lowest BCUT2D eigenvalue weighted by atomic mass is 10.3. The summed E-state index contributed by atoms with van der Waals surface area (Å²) in [5.74, 6) is 0.514. The summed E-state index contributed by atoms with van der Waals surface area (Å²) in [6, 6.07) is 6.23. The maximum absolute atomic E-state index is 13.5. The zero-order valence-electron chi connectivity index (χ0n) is 9.58. The number of nitrogens with zero attached hydrogens (tertiary/aromatic N) is 2. The Bertz CT molecular complexity index is 539. The molecule has 1 aromatic heterocycles. The van der Waals surface area contributed by atoms with Gasteiger partial charge < -0.3 is 4.74 Å². The van der Waals surface area contributed by atoms with Crippen LogP contribution in [0.2, 0.25) is 0 Å². The van der Waals surface area contributed by atoms with E-state index in [2.05, 4.69) is 5.10 Å². The van der Waals surface area contributed by atoms with Crippen LogP contribution < -0.4 is 4.74 Å². The van der Waals surface area contributed by atoms with Crippen LogP contribution in [0.3, 0.4) is 0 Å². The Hall–Kier alpha value is -1.55. The van der Waals surface area contributed by atoms with E-state index in [4.69, 9.17) is 16.3 Å². The summed E-state index contributed by atoms with van der Waals surface area (Å²) >= 11 is 5.83. The number of aromatic nitrogens is 2. The number of rotatable bonds is 3. The maximum atomic E-state index is 13.5. The summed E-state index contributed by atoms with van der Waals surface area (Å²) in [5, 5.41) is 4.19. The van der Waals surface area contributed by atoms with Gasteiger partial charge in [0.1, 0.15) is 0 Å². The first-order valence-electron chi connectivity index (χ1n) is 5.14. The highest BCUT2D eigenvalue weighted by Crippen LogP contribution is 2.29. The van der Waals surface area contributed by atoms with Crippen LogP contribution in [-0.2, 0) is 12.9 Å². The highest BCUT2D eigenvalue weighted by Gasteiger charge is 2.15. The normalized spacial score (nSPS) is 10.6. The topological polar surface area (TPSA) is 27.1 Å². The van der Waals surface area contributed by atoms with Crippen molar-refractivity contribution in [1.29, 1.82) is 0 Å². The molecule has 0 aliphatic carbocycles. The molecule has 0 atom stereocenters. The van der Waals surface area contributed by atoms with E-state index in [1.165, 1.54) is 6.07 Å². The molecule has 0 unspecified atom stereocenters. The quantitative estimate of drug-likeness (QED) is 0.785. The average molecular weight is 255 g/mol. The van der Waals surface area contributed by atoms with Crippen molar-refractivity contribution in [3.05, 3.63) is 41.3 Å². The van der Waals surface area contributed by atoms with E-state index in [1.807, 2.05) is 6.92 Å². The molecule has 90 valence electrons. The molecule has 0 saturated carbocycles. The van der Waals surface area contributed by atoms with Gasteiger partial charge in [0, 0.05) is 7.05 Å². The molecule has 17 heavy (non-hydrogen) atoms. The third-order valence-corrected chi connectivity index (χ3v) is 2.73. The lowest BCUT2D eigenvalue weighted by Gasteiger charge is -2.08. The van der Waals surface area contributed by atoms with Crippen LogP contribution in [0, 0.1) is 12.7 Å². The number of aryl methyl sites for hydroxylation is 2. The zero-order valence-corrected chi connectivity index (χ0v) is 10.3. The van der Waals surface area contributed by atoms with Gasteiger partial charge in [0.15, 0.2) is 11.6 Å². The Morgan fingerprint density at radius 2 is 2.12 bits per heavy atom. The van der Waals surface area contributed by atoms with Gasteiger partial charge in [-0.05, 0) is 19.1 Å². The molecule has 0 radical (unpaired) electrons. The van der Waals surface area contributed by atoms with Gasteiger partial charge in [0.05, 0.1) is 17.1 Å². The summed E-state index contributed by atoms with van der Waals surface area (Å²) in [6.07, 6.45) is 0. The van der Waals surface area contributed by atoms with Crippen molar-refractivity contribution in [2.45, 2.75) is 12.8 Å². The number of hydrogen-bond acceptors (Lipinski definition) is 2. The fourth-order valence-corrected chi connectivity index (χ4v) is 1.90. The molecule has 0 aliphatic rings. The van der Waals surface area contributed by atoms with E-state index >= 15 is 0 Å². The van der Waals surface area contributed by atoms with Gasteiger partial charge in [0.25, 0.3) is 0 Å². The third kappa shape index (κ3) is 2.26. The Kier molecular flexibility index (Phi) is 3.33. The summed E-state index contributed by atoms with van der Waals surface area (Å²) in [4.78, 5) is 0. The number of benzene rings is 1. The van der Waals surface area contributed by atoms with E-state index in [-0.39, 0.29) is 11.6 Å². The number of halogens is 2. The molecule has 0 spiro atoms. The maximum Gasteiger partial charge on any atom is 0.222 e. The third-order valence-electron chi connectivity index (χ3n) is 2.47. The van der Waals surface area contributed by atoms with Crippen molar-refractivity contribution >= 4 is 11.6 Å². The molecule has 0 fully saturated rings. The van der Waals surface area contributed by atoms with Crippen molar-refractivity contribution in [1.82, 2.24) is 9.78 Å². The van der Waals surface area contributed by atoms with Crippen LogP contribution in [-0.4, -0.2) is 9.78 Å². The van der Waals surface area contributed by atoms with Crippen molar-refractivity contribution < 1.29 is 9.13 Å². The Balaban J connectivity index is 2.40. The van der Waals surface area contributed by atoms with Gasteiger partial charge in [-0.25, -0.2) is 9.07 Å². The molecule has 2 rings (SSSR count). The van der Waals surface area contributed by atoms with Crippen LogP contribution >= 0.6 is 11.6 Å². The highest BCUT2D eigenvalue weighted by atomic mass is 35.5. The van der Waals surface area contributed by atoms with E-state index in [0.717, 1.165) is 11.3 Å². The number of para-hydroxylation sites is 1. The second kappa shape index (κ2) is 4.75. The Morgan fingerprint density at radius 3 is 2.76 bits per heavy atom. The van der Waals surface area contributed by atoms with Gasteiger partial charge in [-0.15, -0.1) is 11.6 Å². The standard InChI is InChI=1S/C12H12ClFN2O/c1-8-9(7-13)12(16(2)15-8)17-11-6-4-3-5-10(11)14/h3-6H,7H2,1-2H3. The fourth-order valence-electron chi connectivity index (χ4n) is 1.59. The molecular weight excluding hydrogens is 243 g/mol. The van der Waals surface area contributed by atoms with E-state index in [0.29, 0.717) is 5.88 Å². The molecule has 0 N–H and O–H groups in total. The molecule has 0 amide bonds. The van der Waals surface area contributed by atoms with E-state index < -0.39 is 5.82 Å². The highest BCUT2D eigenvalue weighted by molar-refractivity contribution is 6.17. The first-order valence-corrected chi connectivity index (χ1v) is 5.67. The van der Waals surface area contributed by atoms with E-state index in [1.54, 1.807) is 29.9 Å². The smallest absolute Gasteiger partial charge is 0.222 e. The molecule has 1 heterocycles. The lowest BCUT2D eigenvalue weighted by Crippen LogP contribution is -1.97. The number of alkyl halides is 1. The monoisotopic (exact) mass is 254 g/mol. The molecule has 3 nitrogen and oxygen atoms in total. The van der Waals surface area contributed by atoms with Crippen molar-refractivity contribution in [2.24, 2.45) is 7.05 Å². The summed E-state index contributed by atoms with van der Waals surface area (Å²) in [6.45, 7) is 1.84. The minimum absolute atomic E-state index is 0.168. The second-order valence-corrected chi connectivity index (χ2v) is 3.93. The predicted octanol–water partition coefficient (Wildman–Crippen LogP) is 3.40. The van der Waals surface area contributed by atoms with Crippen molar-refractivity contribution in [2.75, 3.05) is 0 Å². The Labute approximate surface area is 104 Å². The number of ether oxygens (including phenoxy) is 1. The summed E-state index contributed by atoms with van der Waals surface area (Å²) in [5.41, 5.74) is 1.56. The molecule has 1 aromatic carbocycles. The van der Waals surface area contributed by atoms with Crippen LogP contribution in [0.4, 0.5) is 4.39 Å². The summed E-state index contributed by atoms with van der Waals surface area (Å²) < 4.78 is 20.5. The predicted molar refractivity (Wildman–Crippen MR) is 64.0 cm³/mol. The van der Waals surface area contributed by atoms with Crippen LogP contribution in [0.25, 0.3) is 0 Å². The van der Waals surface area contributed by atoms with Gasteiger partial charge >= 0.3 is 0 Å². The largest absolute Gasteiger partial charge is 0.436 e. The molecule has 0 aliphatic heterocycles. The van der Waals surface area contributed by atoms with Gasteiger partial charge in [-0.2, -0.15) is 5.10 Å². The molecular formula is C12H12ClFN2O. The Morgan fingerprint density at radius 1 is 1.41 bits per heavy atom. The first-order chi connectivity index (χ1) is 8.13. The number of hydrogen-bond donors (Lipinski definition) is 0. The molecule has 0 bridgehead atoms. The van der Waals surface area contributed by atoms with E-state index in [9.17, 15) is 4.39 Å². The minimum atomic E-state index is -0.410. The molecule has 2 aromatic rings. The van der Waals surface area contributed by atoms with Crippen LogP contribution in [0.1, 0.15) is 11.3 Å². The van der Waals surface area contributed by atoms with Crippen LogP contribution in [0.5, 0.6) is 11.6 Å². The summed E-state index contributed by atoms with van der Waals surface area (Å²) in [7, 11) is 1.74. The van der Waals surface area contributed by atoms with Gasteiger partial charge in [-0.3, -0.25) is 0 Å². The fraction of sp³-hybridized carbons (Fsp3) is 0.250. The van der Waals surface area contributed by atoms with Crippen LogP contribution in [0.15, 0.2) is 24.3 Å². The molecule has 5 heteroatoms. The van der Waals surface area contributed by atoms with Crippen molar-refractivity contribution in [3.63, 3.8) is 0 Å². The van der Waals surface area contributed by atoms with Gasteiger partial charge in [0.2, 0.25) is 5.88 Å². The average Bonchev–Trinajstić information content (AvgIpc) is 2.56. The second-order valence-electron chi connectivity index (χ2n) is 3.66. The van der Waals surface area contributed by atoms with Gasteiger partial charge in [-0.1, -0.05) is 12.1 Å². The minimum Gasteiger partial charge on any atom is -0.436 e. The zero-order chi connectivity index (χ0) is 12.4.